The Morgan fingerprint density at radius 2 is 2.00 bits per heavy atom. The van der Waals surface area contributed by atoms with E-state index < -0.39 is 0 Å². The largest absolute Gasteiger partial charge is 0.330 e. The lowest BCUT2D eigenvalue weighted by Crippen LogP contribution is -2.33. The Labute approximate surface area is 177 Å². The highest BCUT2D eigenvalue weighted by Crippen LogP contribution is 2.15. The van der Waals surface area contributed by atoms with Crippen molar-refractivity contribution in [2.24, 2.45) is 0 Å². The van der Waals surface area contributed by atoms with Crippen LogP contribution in [0.5, 0.6) is 0 Å². The van der Waals surface area contributed by atoms with Crippen LogP contribution >= 0.6 is 11.6 Å². The predicted molar refractivity (Wildman–Crippen MR) is 114 cm³/mol. The topological polar surface area (TPSA) is 96.8 Å². The molecule has 0 bridgehead atoms. The molecule has 2 heterocycles. The molecule has 0 atom stereocenters. The maximum Gasteiger partial charge on any atom is 0.276 e. The van der Waals surface area contributed by atoms with Gasteiger partial charge in [-0.1, -0.05) is 36.7 Å². The minimum Gasteiger partial charge on any atom is -0.330 e. The zero-order chi connectivity index (χ0) is 21.1. The first kappa shape index (κ1) is 19.8. The second-order valence-corrected chi connectivity index (χ2v) is 7.19. The van der Waals surface area contributed by atoms with Crippen molar-refractivity contribution in [1.82, 2.24) is 29.9 Å². The molecule has 152 valence electrons. The maximum absolute atomic E-state index is 13.1. The van der Waals surface area contributed by atoms with Crippen molar-refractivity contribution in [2.45, 2.75) is 19.9 Å². The molecular formula is C21H19ClN6O2. The average molecular weight is 423 g/mol. The van der Waals surface area contributed by atoms with Gasteiger partial charge >= 0.3 is 0 Å². The molecule has 0 saturated heterocycles. The van der Waals surface area contributed by atoms with Crippen LogP contribution in [0.4, 0.5) is 0 Å². The number of carbonyl (C=O) groups is 1. The molecule has 2 aromatic heterocycles. The number of fused-ring (bicyclic) bond motifs is 1. The van der Waals surface area contributed by atoms with Gasteiger partial charge in [0.25, 0.3) is 11.5 Å². The Hall–Kier alpha value is -3.52. The van der Waals surface area contributed by atoms with Crippen LogP contribution in [0.2, 0.25) is 5.02 Å². The van der Waals surface area contributed by atoms with Gasteiger partial charge in [0.2, 0.25) is 0 Å². The molecule has 0 aliphatic rings. The molecule has 4 aromatic rings. The molecule has 9 heteroatoms. The fraction of sp³-hybridized carbons (Fsp3) is 0.190. The number of carbonyl (C=O) groups excluding carboxylic acids is 1. The molecule has 0 unspecified atom stereocenters. The van der Waals surface area contributed by atoms with Gasteiger partial charge in [0.05, 0.1) is 29.3 Å². The van der Waals surface area contributed by atoms with Crippen LogP contribution in [0, 0.1) is 0 Å². The highest BCUT2D eigenvalue weighted by atomic mass is 35.5. The second-order valence-electron chi connectivity index (χ2n) is 6.76. The van der Waals surface area contributed by atoms with E-state index in [0.29, 0.717) is 28.3 Å². The molecule has 0 spiro atoms. The van der Waals surface area contributed by atoms with Crippen molar-refractivity contribution in [3.63, 3.8) is 0 Å². The fourth-order valence-corrected chi connectivity index (χ4v) is 3.31. The number of aromatic amines is 1. The lowest BCUT2D eigenvalue weighted by molar-refractivity contribution is 0.0732. The number of hydrogen-bond acceptors (Lipinski definition) is 5. The van der Waals surface area contributed by atoms with Gasteiger partial charge < -0.3 is 9.88 Å². The first-order valence-electron chi connectivity index (χ1n) is 9.50. The first-order chi connectivity index (χ1) is 14.5. The quantitative estimate of drug-likeness (QED) is 0.514. The van der Waals surface area contributed by atoms with Gasteiger partial charge in [0.15, 0.2) is 5.69 Å². The number of amides is 1. The Morgan fingerprint density at radius 1 is 1.20 bits per heavy atom. The molecule has 1 amide bonds. The van der Waals surface area contributed by atoms with Gasteiger partial charge in [-0.15, -0.1) is 5.10 Å². The zero-order valence-corrected chi connectivity index (χ0v) is 17.0. The third-order valence-electron chi connectivity index (χ3n) is 4.54. The van der Waals surface area contributed by atoms with Crippen molar-refractivity contribution in [3.05, 3.63) is 81.6 Å². The third kappa shape index (κ3) is 4.08. The van der Waals surface area contributed by atoms with Crippen molar-refractivity contribution >= 4 is 28.4 Å². The number of rotatable bonds is 6. The molecule has 0 aliphatic heterocycles. The standard InChI is InChI=1S/C21H19ClN6O2/c1-2-10-27(13-19-24-17-11-14(22)8-9-16(17)20(29)25-19)21(30)18-12-23-28(26-18)15-6-4-3-5-7-15/h3-9,11-12H,2,10,13H2,1H3,(H,24,25,29). The van der Waals surface area contributed by atoms with E-state index in [1.54, 1.807) is 23.1 Å². The van der Waals surface area contributed by atoms with E-state index in [2.05, 4.69) is 20.2 Å². The van der Waals surface area contributed by atoms with Gasteiger partial charge in [-0.2, -0.15) is 9.90 Å². The summed E-state index contributed by atoms with van der Waals surface area (Å²) in [5.74, 6) is 0.0971. The minimum atomic E-state index is -0.284. The zero-order valence-electron chi connectivity index (χ0n) is 16.2. The van der Waals surface area contributed by atoms with E-state index >= 15 is 0 Å². The van der Waals surface area contributed by atoms with E-state index in [4.69, 9.17) is 11.6 Å². The second kappa shape index (κ2) is 8.46. The van der Waals surface area contributed by atoms with E-state index in [-0.39, 0.29) is 23.7 Å². The Balaban J connectivity index is 1.61. The number of aromatic nitrogens is 5. The van der Waals surface area contributed by atoms with Gasteiger partial charge in [-0.3, -0.25) is 9.59 Å². The van der Waals surface area contributed by atoms with Gasteiger partial charge in [-0.25, -0.2) is 4.98 Å². The maximum atomic E-state index is 13.1. The summed E-state index contributed by atoms with van der Waals surface area (Å²) >= 11 is 6.03. The smallest absolute Gasteiger partial charge is 0.276 e. The van der Waals surface area contributed by atoms with Crippen molar-refractivity contribution in [3.8, 4) is 5.69 Å². The number of para-hydroxylation sites is 1. The summed E-state index contributed by atoms with van der Waals surface area (Å²) in [6.07, 6.45) is 2.18. The number of H-pyrrole nitrogens is 1. The summed E-state index contributed by atoms with van der Waals surface area (Å²) in [5.41, 5.74) is 1.19. The number of halogens is 1. The van der Waals surface area contributed by atoms with E-state index in [9.17, 15) is 9.59 Å². The van der Waals surface area contributed by atoms with Crippen LogP contribution in [0.15, 0.2) is 59.5 Å². The average Bonchev–Trinajstić information content (AvgIpc) is 3.23. The van der Waals surface area contributed by atoms with Crippen molar-refractivity contribution < 1.29 is 4.79 Å². The fourth-order valence-electron chi connectivity index (χ4n) is 3.15. The Bertz CT molecular complexity index is 1250. The predicted octanol–water partition coefficient (Wildman–Crippen LogP) is 3.21. The number of hydrogen-bond donors (Lipinski definition) is 1. The summed E-state index contributed by atoms with van der Waals surface area (Å²) in [6, 6.07) is 14.3. The molecule has 1 N–H and O–H groups in total. The van der Waals surface area contributed by atoms with Crippen molar-refractivity contribution in [1.29, 1.82) is 0 Å². The van der Waals surface area contributed by atoms with Gasteiger partial charge in [-0.05, 0) is 36.8 Å². The van der Waals surface area contributed by atoms with Gasteiger partial charge in [0, 0.05) is 11.6 Å². The molecule has 0 saturated carbocycles. The SMILES string of the molecule is CCCN(Cc1nc2cc(Cl)ccc2c(=O)[nH]1)C(=O)c1cnn(-c2ccccc2)n1. The van der Waals surface area contributed by atoms with Crippen LogP contribution in [0.25, 0.3) is 16.6 Å². The molecule has 0 radical (unpaired) electrons. The molecule has 30 heavy (non-hydrogen) atoms. The summed E-state index contributed by atoms with van der Waals surface area (Å²) in [5, 5.41) is 9.44. The first-order valence-corrected chi connectivity index (χ1v) is 9.88. The summed E-state index contributed by atoms with van der Waals surface area (Å²) in [4.78, 5) is 35.7. The van der Waals surface area contributed by atoms with E-state index in [1.807, 2.05) is 37.3 Å². The summed E-state index contributed by atoms with van der Waals surface area (Å²) < 4.78 is 0. The van der Waals surface area contributed by atoms with Crippen LogP contribution in [-0.2, 0) is 6.54 Å². The highest BCUT2D eigenvalue weighted by Gasteiger charge is 2.20. The summed E-state index contributed by atoms with van der Waals surface area (Å²) in [7, 11) is 0. The molecular weight excluding hydrogens is 404 g/mol. The summed E-state index contributed by atoms with van der Waals surface area (Å²) in [6.45, 7) is 2.59. The lowest BCUT2D eigenvalue weighted by Gasteiger charge is -2.20. The van der Waals surface area contributed by atoms with Crippen LogP contribution in [0.3, 0.4) is 0 Å². The monoisotopic (exact) mass is 422 g/mol. The van der Waals surface area contributed by atoms with Crippen LogP contribution < -0.4 is 5.56 Å². The molecule has 2 aromatic carbocycles. The normalized spacial score (nSPS) is 11.0. The molecule has 0 aliphatic carbocycles. The third-order valence-corrected chi connectivity index (χ3v) is 4.77. The number of nitrogens with one attached hydrogen (secondary N) is 1. The van der Waals surface area contributed by atoms with Gasteiger partial charge in [0.1, 0.15) is 5.82 Å². The minimum absolute atomic E-state index is 0.141. The Morgan fingerprint density at radius 3 is 2.77 bits per heavy atom. The number of nitrogens with zero attached hydrogens (tertiary/aromatic N) is 5. The van der Waals surface area contributed by atoms with Crippen molar-refractivity contribution in [2.75, 3.05) is 6.54 Å². The Kier molecular flexibility index (Phi) is 5.58. The molecule has 8 nitrogen and oxygen atoms in total. The molecule has 4 rings (SSSR count). The molecule has 0 fully saturated rings. The van der Waals surface area contributed by atoms with Crippen LogP contribution in [-0.4, -0.2) is 42.3 Å². The van der Waals surface area contributed by atoms with E-state index in [0.717, 1.165) is 12.1 Å². The van der Waals surface area contributed by atoms with Crippen LogP contribution in [0.1, 0.15) is 29.7 Å². The lowest BCUT2D eigenvalue weighted by atomic mass is 10.2. The highest BCUT2D eigenvalue weighted by molar-refractivity contribution is 6.31. The number of benzene rings is 2. The van der Waals surface area contributed by atoms with E-state index in [1.165, 1.54) is 11.0 Å².